The molecule has 1 saturated carbocycles. The monoisotopic (exact) mass is 395 g/mol. The highest BCUT2D eigenvalue weighted by atomic mass is 16.2. The second-order valence-electron chi connectivity index (χ2n) is 9.60. The molecule has 2 heterocycles. The van der Waals surface area contributed by atoms with Gasteiger partial charge in [-0.3, -0.25) is 4.79 Å². The summed E-state index contributed by atoms with van der Waals surface area (Å²) in [5, 5.41) is 0. The van der Waals surface area contributed by atoms with E-state index in [1.807, 2.05) is 17.0 Å². The average Bonchev–Trinajstić information content (AvgIpc) is 3.01. The van der Waals surface area contributed by atoms with Gasteiger partial charge in [0.15, 0.2) is 0 Å². The standard InChI is InChI=1S/C25H37N3O/c1-4-16-27-19-28(23-8-6-5-7-9-23)25(24(27)29)14-17-26(18-15-25)22-12-10-21(11-13-22)20(2)3/h4-9,20-22H,1,10-19H2,2-3H3. The van der Waals surface area contributed by atoms with Crippen LogP contribution in [0.4, 0.5) is 5.69 Å². The molecule has 0 atom stereocenters. The number of amides is 1. The van der Waals surface area contributed by atoms with E-state index >= 15 is 0 Å². The highest BCUT2D eigenvalue weighted by Crippen LogP contribution is 2.41. The summed E-state index contributed by atoms with van der Waals surface area (Å²) in [4.78, 5) is 20.5. The van der Waals surface area contributed by atoms with Gasteiger partial charge >= 0.3 is 0 Å². The predicted molar refractivity (Wildman–Crippen MR) is 120 cm³/mol. The normalized spacial score (nSPS) is 27.8. The number of piperidine rings is 1. The van der Waals surface area contributed by atoms with Crippen molar-refractivity contribution in [1.82, 2.24) is 9.80 Å². The van der Waals surface area contributed by atoms with Gasteiger partial charge in [-0.2, -0.15) is 0 Å². The van der Waals surface area contributed by atoms with Crippen molar-refractivity contribution < 1.29 is 4.79 Å². The summed E-state index contributed by atoms with van der Waals surface area (Å²) in [5.74, 6) is 2.01. The van der Waals surface area contributed by atoms with E-state index in [1.54, 1.807) is 0 Å². The van der Waals surface area contributed by atoms with E-state index in [4.69, 9.17) is 0 Å². The second kappa shape index (κ2) is 8.51. The molecule has 2 saturated heterocycles. The molecule has 0 radical (unpaired) electrons. The molecule has 0 N–H and O–H groups in total. The number of likely N-dealkylation sites (tertiary alicyclic amines) is 1. The molecule has 1 aliphatic carbocycles. The van der Waals surface area contributed by atoms with Crippen LogP contribution in [0, 0.1) is 11.8 Å². The lowest BCUT2D eigenvalue weighted by Gasteiger charge is -2.47. The van der Waals surface area contributed by atoms with E-state index in [0.717, 1.165) is 37.8 Å². The van der Waals surface area contributed by atoms with Crippen LogP contribution in [0.2, 0.25) is 0 Å². The summed E-state index contributed by atoms with van der Waals surface area (Å²) in [7, 11) is 0. The van der Waals surface area contributed by atoms with Crippen LogP contribution >= 0.6 is 0 Å². The fourth-order valence-corrected chi connectivity index (χ4v) is 5.89. The molecule has 1 aromatic carbocycles. The molecule has 3 aliphatic rings. The number of hydrogen-bond donors (Lipinski definition) is 0. The number of rotatable bonds is 5. The maximum Gasteiger partial charge on any atom is 0.250 e. The summed E-state index contributed by atoms with van der Waals surface area (Å²) < 4.78 is 0. The molecule has 29 heavy (non-hydrogen) atoms. The third-order valence-electron chi connectivity index (χ3n) is 7.76. The first-order valence-electron chi connectivity index (χ1n) is 11.5. The fraction of sp³-hybridized carbons (Fsp3) is 0.640. The Balaban J connectivity index is 1.47. The van der Waals surface area contributed by atoms with Gasteiger partial charge in [0.2, 0.25) is 5.91 Å². The number of carbonyl (C=O) groups excluding carboxylic acids is 1. The Hall–Kier alpha value is -1.81. The van der Waals surface area contributed by atoms with Gasteiger partial charge < -0.3 is 14.7 Å². The molecule has 1 aromatic rings. The Bertz CT molecular complexity index is 700. The molecule has 0 bridgehead atoms. The number of benzene rings is 1. The lowest BCUT2D eigenvalue weighted by Crippen LogP contribution is -2.58. The summed E-state index contributed by atoms with van der Waals surface area (Å²) in [5.41, 5.74) is 0.786. The molecule has 3 fully saturated rings. The van der Waals surface area contributed by atoms with Crippen molar-refractivity contribution in [3.05, 3.63) is 43.0 Å². The van der Waals surface area contributed by atoms with Crippen molar-refractivity contribution in [2.45, 2.75) is 64.0 Å². The molecular formula is C25H37N3O. The fourth-order valence-electron chi connectivity index (χ4n) is 5.89. The molecular weight excluding hydrogens is 358 g/mol. The molecule has 1 amide bonds. The Kier molecular flexibility index (Phi) is 6.00. The maximum absolute atomic E-state index is 13.5. The highest BCUT2D eigenvalue weighted by molar-refractivity contribution is 5.93. The molecule has 4 nitrogen and oxygen atoms in total. The van der Waals surface area contributed by atoms with Gasteiger partial charge in [-0.05, 0) is 62.5 Å². The lowest BCUT2D eigenvalue weighted by molar-refractivity contribution is -0.133. The summed E-state index contributed by atoms with van der Waals surface area (Å²) in [6.07, 6.45) is 9.10. The Labute approximate surface area is 176 Å². The highest BCUT2D eigenvalue weighted by Gasteiger charge is 2.53. The van der Waals surface area contributed by atoms with Crippen molar-refractivity contribution >= 4 is 11.6 Å². The third kappa shape index (κ3) is 3.84. The zero-order valence-electron chi connectivity index (χ0n) is 18.2. The maximum atomic E-state index is 13.5. The first kappa shape index (κ1) is 20.5. The Morgan fingerprint density at radius 2 is 1.76 bits per heavy atom. The minimum absolute atomic E-state index is 0.296. The largest absolute Gasteiger partial charge is 0.339 e. The SMILES string of the molecule is C=CCN1CN(c2ccccc2)C2(CCN(C3CCC(C(C)C)CC3)CC2)C1=O. The van der Waals surface area contributed by atoms with Gasteiger partial charge in [-0.15, -0.1) is 6.58 Å². The van der Waals surface area contributed by atoms with Gasteiger partial charge in [0, 0.05) is 31.4 Å². The van der Waals surface area contributed by atoms with E-state index in [-0.39, 0.29) is 5.54 Å². The van der Waals surface area contributed by atoms with Crippen LogP contribution in [0.3, 0.4) is 0 Å². The quantitative estimate of drug-likeness (QED) is 0.686. The van der Waals surface area contributed by atoms with Crippen molar-refractivity contribution in [3.63, 3.8) is 0 Å². The van der Waals surface area contributed by atoms with E-state index in [1.165, 1.54) is 31.4 Å². The van der Waals surface area contributed by atoms with Gasteiger partial charge in [-0.1, -0.05) is 38.1 Å². The molecule has 1 spiro atoms. The zero-order valence-corrected chi connectivity index (χ0v) is 18.2. The lowest BCUT2D eigenvalue weighted by atomic mass is 9.78. The van der Waals surface area contributed by atoms with E-state index in [2.05, 4.69) is 54.5 Å². The molecule has 0 aromatic heterocycles. The number of carbonyl (C=O) groups is 1. The number of nitrogens with zero attached hydrogens (tertiary/aromatic N) is 3. The molecule has 2 aliphatic heterocycles. The van der Waals surface area contributed by atoms with Crippen LogP contribution in [0.5, 0.6) is 0 Å². The van der Waals surface area contributed by atoms with Crippen LogP contribution in [-0.2, 0) is 4.79 Å². The van der Waals surface area contributed by atoms with Crippen molar-refractivity contribution in [1.29, 1.82) is 0 Å². The zero-order chi connectivity index (χ0) is 20.4. The van der Waals surface area contributed by atoms with Crippen LogP contribution in [-0.4, -0.2) is 53.6 Å². The predicted octanol–water partition coefficient (Wildman–Crippen LogP) is 4.53. The van der Waals surface area contributed by atoms with Gasteiger partial charge in [0.05, 0.1) is 6.67 Å². The second-order valence-corrected chi connectivity index (χ2v) is 9.60. The Morgan fingerprint density at radius 3 is 2.34 bits per heavy atom. The van der Waals surface area contributed by atoms with Gasteiger partial charge in [0.1, 0.15) is 5.54 Å². The first-order chi connectivity index (χ1) is 14.0. The third-order valence-corrected chi connectivity index (χ3v) is 7.76. The average molecular weight is 396 g/mol. The van der Waals surface area contributed by atoms with E-state index in [9.17, 15) is 4.79 Å². The summed E-state index contributed by atoms with van der Waals surface area (Å²) in [6.45, 7) is 12.0. The van der Waals surface area contributed by atoms with E-state index < -0.39 is 0 Å². The molecule has 0 unspecified atom stereocenters. The molecule has 158 valence electrons. The van der Waals surface area contributed by atoms with Crippen LogP contribution < -0.4 is 4.90 Å². The van der Waals surface area contributed by atoms with Crippen LogP contribution in [0.25, 0.3) is 0 Å². The number of hydrogen-bond acceptors (Lipinski definition) is 3. The summed E-state index contributed by atoms with van der Waals surface area (Å²) in [6, 6.07) is 11.2. The minimum atomic E-state index is -0.379. The topological polar surface area (TPSA) is 26.8 Å². The van der Waals surface area contributed by atoms with Crippen molar-refractivity contribution in [3.8, 4) is 0 Å². The van der Waals surface area contributed by atoms with E-state index in [0.29, 0.717) is 25.2 Å². The first-order valence-corrected chi connectivity index (χ1v) is 11.5. The number of para-hydroxylation sites is 1. The molecule has 4 heteroatoms. The van der Waals surface area contributed by atoms with Crippen molar-refractivity contribution in [2.75, 3.05) is 31.2 Å². The van der Waals surface area contributed by atoms with Gasteiger partial charge in [-0.25, -0.2) is 0 Å². The summed E-state index contributed by atoms with van der Waals surface area (Å²) >= 11 is 0. The van der Waals surface area contributed by atoms with Crippen LogP contribution in [0.15, 0.2) is 43.0 Å². The van der Waals surface area contributed by atoms with Crippen LogP contribution in [0.1, 0.15) is 52.4 Å². The van der Waals surface area contributed by atoms with Gasteiger partial charge in [0.25, 0.3) is 0 Å². The van der Waals surface area contributed by atoms with Crippen molar-refractivity contribution in [2.24, 2.45) is 11.8 Å². The number of anilines is 1. The molecule has 4 rings (SSSR count). The Morgan fingerprint density at radius 1 is 1.10 bits per heavy atom. The smallest absolute Gasteiger partial charge is 0.250 e. The minimum Gasteiger partial charge on any atom is -0.339 e.